The molecule has 3 heterocycles. The third-order valence-corrected chi connectivity index (χ3v) is 7.08. The minimum atomic E-state index is -2.58. The minimum absolute atomic E-state index is 0.0457. The molecule has 0 saturated carbocycles. The fourth-order valence-corrected chi connectivity index (χ4v) is 5.34. The number of anilines is 2. The molecule has 0 aliphatic carbocycles. The number of rotatable bonds is 6. The van der Waals surface area contributed by atoms with E-state index in [-0.39, 0.29) is 5.56 Å². The average molecular weight is 476 g/mol. The molecule has 0 saturated heterocycles. The molecule has 0 atom stereocenters. The number of benzene rings is 2. The number of hydrogen-bond acceptors (Lipinski definition) is 3. The molecule has 1 N–H and O–H groups in total. The van der Waals surface area contributed by atoms with Gasteiger partial charge in [-0.15, -0.1) is 0 Å². The van der Waals surface area contributed by atoms with Crippen molar-refractivity contribution in [2.75, 3.05) is 18.5 Å². The van der Waals surface area contributed by atoms with Crippen molar-refractivity contribution in [1.82, 2.24) is 19.7 Å². The van der Waals surface area contributed by atoms with E-state index in [0.29, 0.717) is 5.56 Å². The molecule has 0 radical (unpaired) electrons. The Bertz CT molecular complexity index is 1430. The molecule has 0 spiro atoms. The second-order valence-corrected chi connectivity index (χ2v) is 9.26. The number of hydrogen-bond donors (Lipinski definition) is 1. The highest BCUT2D eigenvalue weighted by molar-refractivity contribution is 5.97. The van der Waals surface area contributed by atoms with Gasteiger partial charge in [-0.3, -0.25) is 4.68 Å². The lowest BCUT2D eigenvalue weighted by Gasteiger charge is -2.33. The third-order valence-electron chi connectivity index (χ3n) is 7.08. The van der Waals surface area contributed by atoms with Gasteiger partial charge in [0.1, 0.15) is 0 Å². The van der Waals surface area contributed by atoms with E-state index in [1.165, 1.54) is 11.1 Å². The van der Waals surface area contributed by atoms with Crippen LogP contribution < -0.4 is 10.2 Å². The van der Waals surface area contributed by atoms with E-state index in [9.17, 15) is 8.78 Å². The standard InChI is InChI=1S/C28H31F2N5/c1-6-18-10-21(12-23-25(17(2)31-3)16-33(4)27(18)23)35-9-7-8-19-11-22(20-14-32-34(5)15-20)24(28(29)30)13-26(19)35/h10-16,28,31H,2,6-9H2,1,3-5H3. The van der Waals surface area contributed by atoms with Gasteiger partial charge in [-0.2, -0.15) is 5.10 Å². The van der Waals surface area contributed by atoms with Crippen molar-refractivity contribution in [3.63, 3.8) is 0 Å². The molecular weight excluding hydrogens is 444 g/mol. The molecule has 182 valence electrons. The summed E-state index contributed by atoms with van der Waals surface area (Å²) in [5.41, 5.74) is 8.63. The Morgan fingerprint density at radius 2 is 1.97 bits per heavy atom. The van der Waals surface area contributed by atoms with Crippen LogP contribution in [0, 0.1) is 0 Å². The topological polar surface area (TPSA) is 38.0 Å². The van der Waals surface area contributed by atoms with Gasteiger partial charge in [0.25, 0.3) is 6.43 Å². The molecule has 0 unspecified atom stereocenters. The fraction of sp³-hybridized carbons (Fsp3) is 0.321. The fourth-order valence-electron chi connectivity index (χ4n) is 5.34. The van der Waals surface area contributed by atoms with E-state index in [1.54, 1.807) is 30.2 Å². The molecule has 4 aromatic rings. The Kier molecular flexibility index (Phi) is 5.87. The van der Waals surface area contributed by atoms with Crippen LogP contribution in [0.4, 0.5) is 20.2 Å². The maximum atomic E-state index is 14.3. The van der Waals surface area contributed by atoms with Gasteiger partial charge in [0.05, 0.1) is 11.7 Å². The molecule has 2 aromatic heterocycles. The van der Waals surface area contributed by atoms with Gasteiger partial charge in [0.15, 0.2) is 0 Å². The van der Waals surface area contributed by atoms with Gasteiger partial charge < -0.3 is 14.8 Å². The maximum absolute atomic E-state index is 14.3. The van der Waals surface area contributed by atoms with Crippen molar-refractivity contribution in [2.45, 2.75) is 32.6 Å². The number of aromatic nitrogens is 3. The Labute approximate surface area is 204 Å². The normalized spacial score (nSPS) is 13.5. The SMILES string of the molecule is C=C(NC)c1cn(C)c2c(CC)cc(N3CCCc4cc(-c5cnn(C)c5)c(C(F)F)cc43)cc12. The Hall–Kier alpha value is -3.61. The summed E-state index contributed by atoms with van der Waals surface area (Å²) in [5.74, 6) is 0. The van der Waals surface area contributed by atoms with E-state index in [4.69, 9.17) is 0 Å². The molecule has 5 nitrogen and oxygen atoms in total. The van der Waals surface area contributed by atoms with Crippen molar-refractivity contribution in [1.29, 1.82) is 0 Å². The number of alkyl halides is 2. The van der Waals surface area contributed by atoms with Gasteiger partial charge in [-0.25, -0.2) is 8.78 Å². The van der Waals surface area contributed by atoms with Crippen LogP contribution in [-0.2, 0) is 26.9 Å². The molecule has 5 rings (SSSR count). The molecule has 2 aromatic carbocycles. The Morgan fingerprint density at radius 1 is 1.17 bits per heavy atom. The summed E-state index contributed by atoms with van der Waals surface area (Å²) in [7, 11) is 5.73. The monoisotopic (exact) mass is 475 g/mol. The number of aryl methyl sites for hydroxylation is 4. The van der Waals surface area contributed by atoms with Gasteiger partial charge in [0.2, 0.25) is 0 Å². The van der Waals surface area contributed by atoms with E-state index in [0.717, 1.165) is 65.0 Å². The first-order chi connectivity index (χ1) is 16.8. The highest BCUT2D eigenvalue weighted by atomic mass is 19.3. The average Bonchev–Trinajstić information content (AvgIpc) is 3.44. The molecule has 0 amide bonds. The van der Waals surface area contributed by atoms with Crippen LogP contribution in [0.2, 0.25) is 0 Å². The van der Waals surface area contributed by atoms with Crippen LogP contribution in [0.15, 0.2) is 49.4 Å². The minimum Gasteiger partial charge on any atom is -0.388 e. The summed E-state index contributed by atoms with van der Waals surface area (Å²) in [6, 6.07) is 8.02. The summed E-state index contributed by atoms with van der Waals surface area (Å²) < 4.78 is 32.3. The van der Waals surface area contributed by atoms with Crippen molar-refractivity contribution < 1.29 is 8.78 Å². The van der Waals surface area contributed by atoms with Crippen molar-refractivity contribution in [2.24, 2.45) is 14.1 Å². The van der Waals surface area contributed by atoms with Crippen LogP contribution in [0.1, 0.15) is 42.0 Å². The second kappa shape index (κ2) is 8.87. The van der Waals surface area contributed by atoms with Crippen LogP contribution in [-0.4, -0.2) is 27.9 Å². The van der Waals surface area contributed by atoms with E-state index < -0.39 is 6.43 Å². The summed E-state index contributed by atoms with van der Waals surface area (Å²) in [4.78, 5) is 2.20. The second-order valence-electron chi connectivity index (χ2n) is 9.26. The number of halogens is 2. The molecule has 0 bridgehead atoms. The Balaban J connectivity index is 1.69. The lowest BCUT2D eigenvalue weighted by Crippen LogP contribution is -2.25. The smallest absolute Gasteiger partial charge is 0.264 e. The van der Waals surface area contributed by atoms with Crippen LogP contribution in [0.3, 0.4) is 0 Å². The maximum Gasteiger partial charge on any atom is 0.264 e. The van der Waals surface area contributed by atoms with Gasteiger partial charge in [0, 0.05) is 79.2 Å². The predicted molar refractivity (Wildman–Crippen MR) is 139 cm³/mol. The van der Waals surface area contributed by atoms with Crippen LogP contribution >= 0.6 is 0 Å². The molecule has 7 heteroatoms. The lowest BCUT2D eigenvalue weighted by molar-refractivity contribution is 0.152. The molecule has 1 aliphatic rings. The summed E-state index contributed by atoms with van der Waals surface area (Å²) in [6.07, 6.45) is 5.66. The molecule has 1 aliphatic heterocycles. The number of nitrogens with zero attached hydrogens (tertiary/aromatic N) is 4. The first-order valence-corrected chi connectivity index (χ1v) is 12.0. The van der Waals surface area contributed by atoms with Gasteiger partial charge in [-0.1, -0.05) is 13.5 Å². The first-order valence-electron chi connectivity index (χ1n) is 12.0. The number of fused-ring (bicyclic) bond motifs is 2. The zero-order valence-corrected chi connectivity index (χ0v) is 20.7. The summed E-state index contributed by atoms with van der Waals surface area (Å²) in [5, 5.41) is 8.49. The number of nitrogens with one attached hydrogen (secondary N) is 1. The summed E-state index contributed by atoms with van der Waals surface area (Å²) in [6.45, 7) is 7.12. The van der Waals surface area contributed by atoms with Crippen LogP contribution in [0.5, 0.6) is 0 Å². The summed E-state index contributed by atoms with van der Waals surface area (Å²) >= 11 is 0. The van der Waals surface area contributed by atoms with E-state index in [1.807, 2.05) is 13.1 Å². The highest BCUT2D eigenvalue weighted by Gasteiger charge is 2.26. The zero-order valence-electron chi connectivity index (χ0n) is 20.7. The largest absolute Gasteiger partial charge is 0.388 e. The van der Waals surface area contributed by atoms with E-state index in [2.05, 4.69) is 58.8 Å². The quantitative estimate of drug-likeness (QED) is 0.353. The zero-order chi connectivity index (χ0) is 24.9. The highest BCUT2D eigenvalue weighted by Crippen LogP contribution is 2.42. The van der Waals surface area contributed by atoms with E-state index >= 15 is 0 Å². The van der Waals surface area contributed by atoms with Crippen molar-refractivity contribution in [3.8, 4) is 11.1 Å². The molecule has 0 fully saturated rings. The lowest BCUT2D eigenvalue weighted by atomic mass is 9.92. The van der Waals surface area contributed by atoms with Crippen molar-refractivity contribution in [3.05, 3.63) is 71.7 Å². The first kappa shape index (κ1) is 23.1. The predicted octanol–water partition coefficient (Wildman–Crippen LogP) is 6.35. The molecular formula is C28H31F2N5. The molecule has 35 heavy (non-hydrogen) atoms. The Morgan fingerprint density at radius 3 is 2.63 bits per heavy atom. The van der Waals surface area contributed by atoms with Crippen molar-refractivity contribution >= 4 is 28.0 Å². The van der Waals surface area contributed by atoms with Gasteiger partial charge in [-0.05, 0) is 60.2 Å². The van der Waals surface area contributed by atoms with Gasteiger partial charge >= 0.3 is 0 Å². The third kappa shape index (κ3) is 3.89. The van der Waals surface area contributed by atoms with Crippen LogP contribution in [0.25, 0.3) is 27.7 Å².